The molecule has 2 aliphatic carbocycles. The van der Waals surface area contributed by atoms with Crippen LogP contribution in [0.4, 0.5) is 0 Å². The number of aryl methyl sites for hydroxylation is 2. The molecule has 0 aromatic carbocycles. The van der Waals surface area contributed by atoms with Gasteiger partial charge in [-0.1, -0.05) is 26.0 Å². The van der Waals surface area contributed by atoms with Gasteiger partial charge in [-0.15, -0.1) is 0 Å². The molecule has 4 heteroatoms. The summed E-state index contributed by atoms with van der Waals surface area (Å²) in [5, 5.41) is 0. The van der Waals surface area contributed by atoms with Crippen LogP contribution < -0.4 is 0 Å². The van der Waals surface area contributed by atoms with Gasteiger partial charge in [-0.05, 0) is 59.7 Å². The van der Waals surface area contributed by atoms with Gasteiger partial charge in [0.1, 0.15) is 0 Å². The van der Waals surface area contributed by atoms with Crippen LogP contribution in [0.3, 0.4) is 0 Å². The van der Waals surface area contributed by atoms with Gasteiger partial charge in [0.05, 0.1) is 4.90 Å². The predicted octanol–water partition coefficient (Wildman–Crippen LogP) is 3.78. The number of hydrogen-bond donors (Lipinski definition) is 1. The maximum atomic E-state index is 11.6. The average molecular weight is 278 g/mol. The smallest absolute Gasteiger partial charge is 0.282 e. The SMILES string of the molecule is Cc1cc(S(=O)(=O)O)c(C(C)C)cc2c(C)ccc1-2. The van der Waals surface area contributed by atoms with Crippen LogP contribution in [0.1, 0.15) is 36.5 Å². The fourth-order valence-corrected chi connectivity index (χ4v) is 3.31. The van der Waals surface area contributed by atoms with E-state index in [9.17, 15) is 13.0 Å². The van der Waals surface area contributed by atoms with E-state index in [1.165, 1.54) is 0 Å². The lowest BCUT2D eigenvalue weighted by Gasteiger charge is -2.08. The molecule has 0 saturated heterocycles. The van der Waals surface area contributed by atoms with Gasteiger partial charge < -0.3 is 0 Å². The Hall–Kier alpha value is -1.39. The highest BCUT2D eigenvalue weighted by Crippen LogP contribution is 2.35. The van der Waals surface area contributed by atoms with Crippen LogP contribution in [0.15, 0.2) is 29.2 Å². The monoisotopic (exact) mass is 278 g/mol. The molecule has 0 heterocycles. The highest BCUT2D eigenvalue weighted by atomic mass is 32.2. The molecule has 0 aromatic rings. The second kappa shape index (κ2) is 4.62. The summed E-state index contributed by atoms with van der Waals surface area (Å²) in [6.07, 6.45) is 0. The zero-order chi connectivity index (χ0) is 14.4. The van der Waals surface area contributed by atoms with E-state index in [0.717, 1.165) is 22.3 Å². The molecule has 0 atom stereocenters. The van der Waals surface area contributed by atoms with E-state index in [4.69, 9.17) is 0 Å². The largest absolute Gasteiger partial charge is 0.294 e. The Morgan fingerprint density at radius 1 is 1.00 bits per heavy atom. The minimum Gasteiger partial charge on any atom is -0.282 e. The van der Waals surface area contributed by atoms with Gasteiger partial charge in [0.2, 0.25) is 0 Å². The molecule has 0 aliphatic heterocycles. The van der Waals surface area contributed by atoms with Crippen molar-refractivity contribution in [1.29, 1.82) is 0 Å². The summed E-state index contributed by atoms with van der Waals surface area (Å²) in [5.41, 5.74) is 4.67. The minimum absolute atomic E-state index is 0.00981. The Bertz CT molecular complexity index is 700. The van der Waals surface area contributed by atoms with Crippen LogP contribution in [-0.4, -0.2) is 13.0 Å². The summed E-state index contributed by atoms with van der Waals surface area (Å²) in [6, 6.07) is 7.45. The Labute approximate surface area is 114 Å². The Morgan fingerprint density at radius 2 is 1.63 bits per heavy atom. The summed E-state index contributed by atoms with van der Waals surface area (Å²) in [6.45, 7) is 7.70. The second-order valence-corrected chi connectivity index (χ2v) is 6.65. The van der Waals surface area contributed by atoms with Crippen molar-refractivity contribution in [2.24, 2.45) is 0 Å². The lowest BCUT2D eigenvalue weighted by molar-refractivity contribution is 0.481. The fraction of sp³-hybridized carbons (Fsp3) is 0.333. The summed E-state index contributed by atoms with van der Waals surface area (Å²) in [7, 11) is -4.21. The molecule has 0 fully saturated rings. The van der Waals surface area contributed by atoms with Gasteiger partial charge in [-0.3, -0.25) is 4.55 Å². The number of rotatable bonds is 2. The van der Waals surface area contributed by atoms with Crippen molar-refractivity contribution in [1.82, 2.24) is 0 Å². The van der Waals surface area contributed by atoms with Crippen molar-refractivity contribution < 1.29 is 13.0 Å². The highest BCUT2D eigenvalue weighted by molar-refractivity contribution is 7.85. The lowest BCUT2D eigenvalue weighted by Crippen LogP contribution is -2.03. The molecule has 0 radical (unpaired) electrons. The van der Waals surface area contributed by atoms with Crippen LogP contribution in [0.25, 0.3) is 11.1 Å². The molecule has 19 heavy (non-hydrogen) atoms. The maximum absolute atomic E-state index is 11.6. The van der Waals surface area contributed by atoms with Gasteiger partial charge in [0, 0.05) is 0 Å². The topological polar surface area (TPSA) is 54.4 Å². The second-order valence-electron chi connectivity index (χ2n) is 5.26. The summed E-state index contributed by atoms with van der Waals surface area (Å²) in [4.78, 5) is 0.00981. The molecule has 0 aromatic heterocycles. The Kier molecular flexibility index (Phi) is 3.41. The van der Waals surface area contributed by atoms with E-state index in [1.54, 1.807) is 6.07 Å². The summed E-state index contributed by atoms with van der Waals surface area (Å²) >= 11 is 0. The third kappa shape index (κ3) is 2.51. The summed E-state index contributed by atoms with van der Waals surface area (Å²) < 4.78 is 32.6. The van der Waals surface area contributed by atoms with Crippen LogP contribution in [-0.2, 0) is 10.1 Å². The number of fused-ring (bicyclic) bond motifs is 1. The molecule has 0 bridgehead atoms. The first-order chi connectivity index (χ1) is 8.71. The zero-order valence-corrected chi connectivity index (χ0v) is 12.4. The Morgan fingerprint density at radius 3 is 2.16 bits per heavy atom. The third-order valence-corrected chi connectivity index (χ3v) is 4.38. The molecular weight excluding hydrogens is 260 g/mol. The maximum Gasteiger partial charge on any atom is 0.294 e. The van der Waals surface area contributed by atoms with Crippen LogP contribution in [0, 0.1) is 13.8 Å². The first kappa shape index (κ1) is 14.0. The van der Waals surface area contributed by atoms with Gasteiger partial charge in [0.15, 0.2) is 0 Å². The minimum atomic E-state index is -4.21. The van der Waals surface area contributed by atoms with Crippen molar-refractivity contribution in [3.63, 3.8) is 0 Å². The molecule has 1 N–H and O–H groups in total. The summed E-state index contributed by atoms with van der Waals surface area (Å²) in [5.74, 6) is 0.0150. The van der Waals surface area contributed by atoms with E-state index in [0.29, 0.717) is 5.56 Å². The Balaban J connectivity index is 2.96. The van der Waals surface area contributed by atoms with Gasteiger partial charge in [-0.2, -0.15) is 8.42 Å². The highest BCUT2D eigenvalue weighted by Gasteiger charge is 2.20. The van der Waals surface area contributed by atoms with Crippen molar-refractivity contribution >= 4 is 10.1 Å². The number of hydrogen-bond acceptors (Lipinski definition) is 2. The van der Waals surface area contributed by atoms with Crippen molar-refractivity contribution in [3.8, 4) is 11.1 Å². The molecule has 0 saturated carbocycles. The molecule has 0 unspecified atom stereocenters. The predicted molar refractivity (Wildman–Crippen MR) is 76.4 cm³/mol. The van der Waals surface area contributed by atoms with E-state index in [2.05, 4.69) is 0 Å². The van der Waals surface area contributed by atoms with E-state index >= 15 is 0 Å². The fourth-order valence-electron chi connectivity index (χ4n) is 2.39. The van der Waals surface area contributed by atoms with Gasteiger partial charge >= 0.3 is 0 Å². The van der Waals surface area contributed by atoms with E-state index in [-0.39, 0.29) is 10.8 Å². The van der Waals surface area contributed by atoms with E-state index < -0.39 is 10.1 Å². The molecule has 0 amide bonds. The quantitative estimate of drug-likeness (QED) is 0.851. The normalized spacial score (nSPS) is 12.3. The van der Waals surface area contributed by atoms with Crippen molar-refractivity contribution in [2.75, 3.05) is 0 Å². The van der Waals surface area contributed by atoms with Crippen molar-refractivity contribution in [2.45, 2.75) is 38.5 Å². The lowest BCUT2D eigenvalue weighted by atomic mass is 10.0. The standard InChI is InChI=1S/C15H18O3S/c1-9(2)13-8-14-10(3)5-6-12(14)11(4)7-15(13)19(16,17)18/h5-9H,1-4H3,(H,16,17,18). The van der Waals surface area contributed by atoms with Crippen LogP contribution >= 0.6 is 0 Å². The molecule has 3 nitrogen and oxygen atoms in total. The van der Waals surface area contributed by atoms with Gasteiger partial charge in [-0.25, -0.2) is 0 Å². The van der Waals surface area contributed by atoms with E-state index in [1.807, 2.05) is 45.9 Å². The molecular formula is C15H18O3S. The van der Waals surface area contributed by atoms with Crippen molar-refractivity contribution in [3.05, 3.63) is 41.0 Å². The third-order valence-electron chi connectivity index (χ3n) is 3.47. The molecule has 0 spiro atoms. The van der Waals surface area contributed by atoms with Gasteiger partial charge in [0.25, 0.3) is 10.1 Å². The first-order valence-corrected chi connectivity index (χ1v) is 7.67. The molecule has 102 valence electrons. The molecule has 2 aliphatic rings. The zero-order valence-electron chi connectivity index (χ0n) is 11.6. The van der Waals surface area contributed by atoms with Crippen LogP contribution in [0.5, 0.6) is 0 Å². The molecule has 2 rings (SSSR count). The van der Waals surface area contributed by atoms with Crippen LogP contribution in [0.2, 0.25) is 0 Å². The first-order valence-electron chi connectivity index (χ1n) is 6.23. The average Bonchev–Trinajstić information content (AvgIpc) is 2.54.